The Labute approximate surface area is 312 Å². The van der Waals surface area contributed by atoms with Crippen LogP contribution < -0.4 is 0 Å². The molecule has 3 N–H and O–H groups in total. The molecule has 0 heterocycles. The number of hydrogen-bond donors (Lipinski definition) is 3. The summed E-state index contributed by atoms with van der Waals surface area (Å²) >= 11 is 5.59. The maximum absolute atomic E-state index is 11.5. The van der Waals surface area contributed by atoms with Gasteiger partial charge in [-0.15, -0.1) is 0 Å². The fourth-order valence-electron chi connectivity index (χ4n) is 5.73. The molecule has 0 aromatic heterocycles. The molecule has 0 saturated heterocycles. The molecule has 272 valence electrons. The predicted octanol–water partition coefficient (Wildman–Crippen LogP) is 14.5. The Morgan fingerprint density at radius 3 is 0.592 bits per heavy atom. The number of benzene rings is 3. The summed E-state index contributed by atoms with van der Waals surface area (Å²) in [7, 11) is 0. The highest BCUT2D eigenvalue weighted by molar-refractivity contribution is 9.12. The van der Waals surface area contributed by atoms with Gasteiger partial charge in [0.05, 0.1) is 5.53 Å². The second kappa shape index (κ2) is 14.2. The van der Waals surface area contributed by atoms with Gasteiger partial charge in [0.25, 0.3) is 0 Å². The maximum atomic E-state index is 11.5. The number of phenols is 3. The monoisotopic (exact) mass is 742 g/mol. The molecule has 49 heavy (non-hydrogen) atoms. The molecule has 0 aliphatic heterocycles. The zero-order valence-electron chi connectivity index (χ0n) is 33.5. The van der Waals surface area contributed by atoms with Crippen LogP contribution in [0.3, 0.4) is 0 Å². The zero-order chi connectivity index (χ0) is 37.9. The molecule has 3 aromatic carbocycles. The molecule has 7 heteroatoms. The second-order valence-corrected chi connectivity index (χ2v) is 29.0. The highest BCUT2D eigenvalue weighted by atomic mass is 33.4. The van der Waals surface area contributed by atoms with Crippen LogP contribution in [0.4, 0.5) is 0 Å². The molecule has 0 aliphatic carbocycles. The van der Waals surface area contributed by atoms with E-state index in [-0.39, 0.29) is 32.5 Å². The van der Waals surface area contributed by atoms with E-state index >= 15 is 0 Å². The molecule has 3 nitrogen and oxygen atoms in total. The van der Waals surface area contributed by atoms with Gasteiger partial charge in [0.15, 0.2) is 0 Å². The zero-order valence-corrected chi connectivity index (χ0v) is 36.8. The van der Waals surface area contributed by atoms with E-state index in [1.165, 1.54) is 0 Å². The van der Waals surface area contributed by atoms with Crippen molar-refractivity contribution in [3.8, 4) is 17.2 Å². The van der Waals surface area contributed by atoms with Crippen molar-refractivity contribution < 1.29 is 15.3 Å². The molecule has 0 atom stereocenters. The van der Waals surface area contributed by atoms with E-state index in [4.69, 9.17) is 0 Å². The summed E-state index contributed by atoms with van der Waals surface area (Å²) in [5.74, 6) is 1.17. The highest BCUT2D eigenvalue weighted by Gasteiger charge is 2.32. The molecule has 3 aromatic rings. The standard InChI is InChI=1S/C42H63O3PS3/c1-37(2,3)28-19-25(20-29(34(28)43)38(4,5)6)47-46(48-26-21-30(39(7,8)9)35(44)31(22-26)40(10,11)12)49-27-23-32(41(13,14)15)36(45)33(24-27)42(16,17)18/h19-24,43-45H,1-18H3. The van der Waals surface area contributed by atoms with Gasteiger partial charge >= 0.3 is 0 Å². The minimum Gasteiger partial charge on any atom is -0.507 e. The fraction of sp³-hybridized carbons (Fsp3) is 0.571. The largest absolute Gasteiger partial charge is 0.507 e. The van der Waals surface area contributed by atoms with E-state index in [0.717, 1.165) is 48.1 Å². The molecule has 0 amide bonds. The van der Waals surface area contributed by atoms with Crippen molar-refractivity contribution in [3.63, 3.8) is 0 Å². The van der Waals surface area contributed by atoms with Crippen molar-refractivity contribution in [2.45, 2.75) is 172 Å². The fourth-order valence-corrected chi connectivity index (χ4v) is 15.9. The van der Waals surface area contributed by atoms with Crippen LogP contribution in [0, 0.1) is 0 Å². The summed E-state index contributed by atoms with van der Waals surface area (Å²) in [6.07, 6.45) is 0. The van der Waals surface area contributed by atoms with Crippen molar-refractivity contribution in [2.24, 2.45) is 0 Å². The van der Waals surface area contributed by atoms with Gasteiger partial charge in [-0.05, 0) is 68.9 Å². The number of hydrogen-bond acceptors (Lipinski definition) is 6. The van der Waals surface area contributed by atoms with Crippen LogP contribution in [-0.2, 0) is 32.5 Å². The van der Waals surface area contributed by atoms with Crippen LogP contribution in [0.15, 0.2) is 51.1 Å². The summed E-state index contributed by atoms with van der Waals surface area (Å²) < 4.78 is 0. The van der Waals surface area contributed by atoms with Gasteiger partial charge in [-0.25, -0.2) is 0 Å². The van der Waals surface area contributed by atoms with Gasteiger partial charge in [-0.1, -0.05) is 159 Å². The van der Waals surface area contributed by atoms with Crippen molar-refractivity contribution in [2.75, 3.05) is 0 Å². The van der Waals surface area contributed by atoms with Gasteiger partial charge in [0.1, 0.15) is 17.2 Å². The Balaban J connectivity index is 2.33. The topological polar surface area (TPSA) is 60.7 Å². The van der Waals surface area contributed by atoms with E-state index in [9.17, 15) is 15.3 Å². The van der Waals surface area contributed by atoms with Crippen LogP contribution in [0.1, 0.15) is 158 Å². The number of phenolic OH excluding ortho intramolecular Hbond substituents is 3. The summed E-state index contributed by atoms with van der Waals surface area (Å²) in [6, 6.07) is 13.1. The normalized spacial score (nSPS) is 13.8. The third-order valence-electron chi connectivity index (χ3n) is 8.64. The average Bonchev–Trinajstić information content (AvgIpc) is 2.87. The van der Waals surface area contributed by atoms with Crippen LogP contribution in [0.25, 0.3) is 0 Å². The first-order chi connectivity index (χ1) is 21.8. The van der Waals surface area contributed by atoms with Crippen molar-refractivity contribution in [3.05, 3.63) is 69.8 Å². The third-order valence-corrected chi connectivity index (χ3v) is 17.7. The molecule has 0 saturated carbocycles. The van der Waals surface area contributed by atoms with Gasteiger partial charge in [-0.2, -0.15) is 0 Å². The van der Waals surface area contributed by atoms with Crippen LogP contribution in [-0.4, -0.2) is 15.3 Å². The maximum Gasteiger partial charge on any atom is 0.123 e. The lowest BCUT2D eigenvalue weighted by Crippen LogP contribution is -2.17. The Kier molecular flexibility index (Phi) is 12.1. The molecule has 0 spiro atoms. The minimum absolute atomic E-state index is 0.232. The lowest BCUT2D eigenvalue weighted by Gasteiger charge is -2.30. The quantitative estimate of drug-likeness (QED) is 0.219. The first kappa shape index (κ1) is 42.0. The Bertz CT molecular complexity index is 1360. The van der Waals surface area contributed by atoms with E-state index < -0.39 is 5.53 Å². The van der Waals surface area contributed by atoms with Crippen molar-refractivity contribution in [1.29, 1.82) is 0 Å². The molecule has 0 fully saturated rings. The first-order valence-electron chi connectivity index (χ1n) is 17.3. The molecule has 0 aliphatic rings. The van der Waals surface area contributed by atoms with E-state index in [1.807, 2.05) is 34.1 Å². The van der Waals surface area contributed by atoms with Gasteiger partial charge in [0, 0.05) is 48.1 Å². The summed E-state index contributed by atoms with van der Waals surface area (Å²) in [6.45, 7) is 38.9. The Hall–Kier alpha value is -1.46. The SMILES string of the molecule is CC(C)(C)c1cc(SP(Sc2cc(C(C)(C)C)c(O)c(C(C)(C)C)c2)Sc2cc(C(C)(C)C)c(O)c(C(C)(C)C)c2)cc(C(C)(C)C)c1O. The average molecular weight is 743 g/mol. The summed E-state index contributed by atoms with van der Waals surface area (Å²) in [5, 5.41) is 34.5. The molecule has 3 rings (SSSR count). The number of aromatic hydroxyl groups is 3. The lowest BCUT2D eigenvalue weighted by atomic mass is 9.79. The predicted molar refractivity (Wildman–Crippen MR) is 221 cm³/mol. The minimum atomic E-state index is -0.903. The molecular formula is C42H63O3PS3. The van der Waals surface area contributed by atoms with Crippen molar-refractivity contribution in [1.82, 2.24) is 0 Å². The van der Waals surface area contributed by atoms with Crippen molar-refractivity contribution >= 4 is 39.7 Å². The smallest absolute Gasteiger partial charge is 0.123 e. The number of rotatable bonds is 6. The van der Waals surface area contributed by atoms with Crippen LogP contribution in [0.2, 0.25) is 0 Å². The van der Waals surface area contributed by atoms with E-state index in [0.29, 0.717) is 17.2 Å². The first-order valence-corrected chi connectivity index (χ1v) is 22.9. The third kappa shape index (κ3) is 10.3. The highest BCUT2D eigenvalue weighted by Crippen LogP contribution is 2.76. The summed E-state index contributed by atoms with van der Waals surface area (Å²) in [5.41, 5.74) is 3.44. The lowest BCUT2D eigenvalue weighted by molar-refractivity contribution is 0.421. The summed E-state index contributed by atoms with van der Waals surface area (Å²) in [4.78, 5) is 3.40. The van der Waals surface area contributed by atoms with Crippen LogP contribution in [0.5, 0.6) is 17.2 Å². The molecular weight excluding hydrogens is 680 g/mol. The molecule has 0 bridgehead atoms. The van der Waals surface area contributed by atoms with Gasteiger partial charge in [0.2, 0.25) is 0 Å². The molecule has 0 unspecified atom stereocenters. The van der Waals surface area contributed by atoms with Gasteiger partial charge in [-0.3, -0.25) is 0 Å². The van der Waals surface area contributed by atoms with Crippen LogP contribution >= 0.6 is 39.7 Å². The van der Waals surface area contributed by atoms with E-state index in [2.05, 4.69) is 161 Å². The van der Waals surface area contributed by atoms with E-state index in [1.54, 1.807) is 0 Å². The molecule has 0 radical (unpaired) electrons. The Morgan fingerprint density at radius 2 is 0.469 bits per heavy atom. The Morgan fingerprint density at radius 1 is 0.327 bits per heavy atom. The van der Waals surface area contributed by atoms with Gasteiger partial charge < -0.3 is 15.3 Å². The second-order valence-electron chi connectivity index (χ2n) is 19.6.